The first-order valence-corrected chi connectivity index (χ1v) is 6.87. The van der Waals surface area contributed by atoms with E-state index in [1.54, 1.807) is 14.2 Å². The van der Waals surface area contributed by atoms with Crippen LogP contribution in [0.5, 0.6) is 17.2 Å². The maximum Gasteiger partial charge on any atom is 0.150 e. The fourth-order valence-corrected chi connectivity index (χ4v) is 2.60. The highest BCUT2D eigenvalue weighted by atomic mass is 16.5. The van der Waals surface area contributed by atoms with E-state index in [9.17, 15) is 5.11 Å². The molecule has 0 amide bonds. The van der Waals surface area contributed by atoms with Gasteiger partial charge < -0.3 is 19.3 Å². The van der Waals surface area contributed by atoms with Crippen molar-refractivity contribution in [1.29, 1.82) is 0 Å². The summed E-state index contributed by atoms with van der Waals surface area (Å²) in [5.74, 6) is 2.25. The molecule has 0 radical (unpaired) electrons. The Morgan fingerprint density at radius 2 is 1.81 bits per heavy atom. The summed E-state index contributed by atoms with van der Waals surface area (Å²) in [5.41, 5.74) is 1.89. The molecule has 0 aromatic heterocycles. The van der Waals surface area contributed by atoms with E-state index >= 15 is 0 Å². The molecule has 1 aliphatic rings. The number of methoxy groups -OCH3 is 2. The first kappa shape index (κ1) is 13.8. The highest BCUT2D eigenvalue weighted by Gasteiger charge is 2.30. The van der Waals surface area contributed by atoms with Crippen LogP contribution >= 0.6 is 0 Å². The van der Waals surface area contributed by atoms with E-state index in [0.717, 1.165) is 28.4 Å². The first-order valence-electron chi connectivity index (χ1n) is 6.87. The molecule has 3 rings (SSSR count). The molecule has 0 saturated heterocycles. The zero-order valence-electron chi connectivity index (χ0n) is 12.1. The molecule has 1 heterocycles. The Morgan fingerprint density at radius 1 is 1.05 bits per heavy atom. The van der Waals surface area contributed by atoms with Gasteiger partial charge in [-0.15, -0.1) is 0 Å². The Hall–Kier alpha value is -2.20. The zero-order chi connectivity index (χ0) is 14.8. The van der Waals surface area contributed by atoms with Crippen molar-refractivity contribution < 1.29 is 19.3 Å². The van der Waals surface area contributed by atoms with E-state index in [1.165, 1.54) is 0 Å². The van der Waals surface area contributed by atoms with Crippen LogP contribution in [0.3, 0.4) is 0 Å². The average molecular weight is 286 g/mol. The lowest BCUT2D eigenvalue weighted by Crippen LogP contribution is -2.30. The lowest BCUT2D eigenvalue weighted by Gasteiger charge is -2.31. The monoisotopic (exact) mass is 286 g/mol. The molecule has 0 aliphatic carbocycles. The molecule has 1 aliphatic heterocycles. The summed E-state index contributed by atoms with van der Waals surface area (Å²) < 4.78 is 16.4. The van der Waals surface area contributed by atoms with Gasteiger partial charge in [0.2, 0.25) is 0 Å². The predicted molar refractivity (Wildman–Crippen MR) is 79.1 cm³/mol. The van der Waals surface area contributed by atoms with E-state index in [0.29, 0.717) is 6.42 Å². The molecule has 1 N–H and O–H groups in total. The summed E-state index contributed by atoms with van der Waals surface area (Å²) in [6, 6.07) is 13.2. The van der Waals surface area contributed by atoms with Gasteiger partial charge in [-0.1, -0.05) is 18.2 Å². The highest BCUT2D eigenvalue weighted by molar-refractivity contribution is 5.44. The number of hydrogen-bond donors (Lipinski definition) is 1. The molecule has 2 aromatic carbocycles. The lowest BCUT2D eigenvalue weighted by atomic mass is 9.94. The van der Waals surface area contributed by atoms with Gasteiger partial charge in [0.05, 0.1) is 20.3 Å². The van der Waals surface area contributed by atoms with Gasteiger partial charge in [0.1, 0.15) is 23.4 Å². The van der Waals surface area contributed by atoms with Gasteiger partial charge in [-0.2, -0.15) is 0 Å². The van der Waals surface area contributed by atoms with Crippen molar-refractivity contribution in [2.24, 2.45) is 0 Å². The van der Waals surface area contributed by atoms with Crippen molar-refractivity contribution >= 4 is 0 Å². The van der Waals surface area contributed by atoms with Crippen molar-refractivity contribution in [3.8, 4) is 17.2 Å². The van der Waals surface area contributed by atoms with Crippen LogP contribution in [0.4, 0.5) is 0 Å². The third-order valence-electron chi connectivity index (χ3n) is 3.73. The SMILES string of the molecule is COc1cccc(C2Oc3cc(OC)ccc3CC2O)c1. The Bertz CT molecular complexity index is 638. The molecule has 4 heteroatoms. The topological polar surface area (TPSA) is 47.9 Å². The smallest absolute Gasteiger partial charge is 0.150 e. The number of hydrogen-bond acceptors (Lipinski definition) is 4. The maximum absolute atomic E-state index is 10.4. The third kappa shape index (κ3) is 2.67. The normalized spacial score (nSPS) is 20.3. The molecular weight excluding hydrogens is 268 g/mol. The van der Waals surface area contributed by atoms with Crippen LogP contribution < -0.4 is 14.2 Å². The fraction of sp³-hybridized carbons (Fsp3) is 0.294. The molecule has 0 saturated carbocycles. The number of benzene rings is 2. The van der Waals surface area contributed by atoms with E-state index in [4.69, 9.17) is 14.2 Å². The zero-order valence-corrected chi connectivity index (χ0v) is 12.1. The van der Waals surface area contributed by atoms with Crippen LogP contribution in [-0.4, -0.2) is 25.4 Å². The molecule has 2 unspecified atom stereocenters. The van der Waals surface area contributed by atoms with Gasteiger partial charge in [0.15, 0.2) is 0 Å². The minimum atomic E-state index is -0.585. The van der Waals surface area contributed by atoms with Gasteiger partial charge in [-0.3, -0.25) is 0 Å². The Labute approximate surface area is 123 Å². The largest absolute Gasteiger partial charge is 0.497 e. The molecular formula is C17H18O4. The maximum atomic E-state index is 10.4. The van der Waals surface area contributed by atoms with Gasteiger partial charge in [0, 0.05) is 12.5 Å². The molecule has 2 aromatic rings. The van der Waals surface area contributed by atoms with Gasteiger partial charge in [-0.25, -0.2) is 0 Å². The Morgan fingerprint density at radius 3 is 2.57 bits per heavy atom. The summed E-state index contributed by atoms with van der Waals surface area (Å²) in [5, 5.41) is 10.4. The number of rotatable bonds is 3. The number of ether oxygens (including phenoxy) is 3. The summed E-state index contributed by atoms with van der Waals surface area (Å²) in [7, 11) is 3.25. The van der Waals surface area contributed by atoms with Crippen LogP contribution in [0.1, 0.15) is 17.2 Å². The summed E-state index contributed by atoms with van der Waals surface area (Å²) in [6.45, 7) is 0. The number of aliphatic hydroxyl groups is 1. The quantitative estimate of drug-likeness (QED) is 0.942. The first-order chi connectivity index (χ1) is 10.2. The average Bonchev–Trinajstić information content (AvgIpc) is 2.53. The fourth-order valence-electron chi connectivity index (χ4n) is 2.60. The van der Waals surface area contributed by atoms with Gasteiger partial charge >= 0.3 is 0 Å². The van der Waals surface area contributed by atoms with Crippen molar-refractivity contribution in [1.82, 2.24) is 0 Å². The second kappa shape index (κ2) is 5.66. The molecule has 0 spiro atoms. The van der Waals surface area contributed by atoms with Crippen LogP contribution in [0, 0.1) is 0 Å². The highest BCUT2D eigenvalue weighted by Crippen LogP contribution is 2.37. The van der Waals surface area contributed by atoms with Gasteiger partial charge in [-0.05, 0) is 29.3 Å². The minimum absolute atomic E-state index is 0.403. The minimum Gasteiger partial charge on any atom is -0.497 e. The molecule has 4 nitrogen and oxygen atoms in total. The number of aliphatic hydroxyl groups excluding tert-OH is 1. The van der Waals surface area contributed by atoms with Crippen LogP contribution in [-0.2, 0) is 6.42 Å². The standard InChI is InChI=1S/C17H18O4/c1-19-13-5-3-4-12(8-13)17-15(18)9-11-6-7-14(20-2)10-16(11)21-17/h3-8,10,15,17-18H,9H2,1-2H3. The molecule has 110 valence electrons. The van der Waals surface area contributed by atoms with E-state index in [-0.39, 0.29) is 0 Å². The van der Waals surface area contributed by atoms with Crippen LogP contribution in [0.15, 0.2) is 42.5 Å². The van der Waals surface area contributed by atoms with Crippen LogP contribution in [0.2, 0.25) is 0 Å². The van der Waals surface area contributed by atoms with E-state index < -0.39 is 12.2 Å². The van der Waals surface area contributed by atoms with Crippen molar-refractivity contribution in [3.63, 3.8) is 0 Å². The Kier molecular flexibility index (Phi) is 3.71. The van der Waals surface area contributed by atoms with Crippen molar-refractivity contribution in [2.45, 2.75) is 18.6 Å². The molecule has 2 atom stereocenters. The van der Waals surface area contributed by atoms with E-state index in [1.807, 2.05) is 42.5 Å². The molecule has 0 fully saturated rings. The molecule has 0 bridgehead atoms. The number of fused-ring (bicyclic) bond motifs is 1. The van der Waals surface area contributed by atoms with Crippen LogP contribution in [0.25, 0.3) is 0 Å². The second-order valence-corrected chi connectivity index (χ2v) is 5.06. The third-order valence-corrected chi connectivity index (χ3v) is 3.73. The Balaban J connectivity index is 1.93. The predicted octanol–water partition coefficient (Wildman–Crippen LogP) is 2.74. The van der Waals surface area contributed by atoms with Crippen molar-refractivity contribution in [3.05, 3.63) is 53.6 Å². The lowest BCUT2D eigenvalue weighted by molar-refractivity contribution is 0.0205. The summed E-state index contributed by atoms with van der Waals surface area (Å²) >= 11 is 0. The summed E-state index contributed by atoms with van der Waals surface area (Å²) in [4.78, 5) is 0. The van der Waals surface area contributed by atoms with Gasteiger partial charge in [0.25, 0.3) is 0 Å². The molecule has 21 heavy (non-hydrogen) atoms. The van der Waals surface area contributed by atoms with Crippen molar-refractivity contribution in [2.75, 3.05) is 14.2 Å². The van der Waals surface area contributed by atoms with E-state index in [2.05, 4.69) is 0 Å². The summed E-state index contributed by atoms with van der Waals surface area (Å²) in [6.07, 6.45) is -0.431. The second-order valence-electron chi connectivity index (χ2n) is 5.06.